The van der Waals surface area contributed by atoms with E-state index in [0.29, 0.717) is 6.54 Å². The number of halogens is 1. The van der Waals surface area contributed by atoms with Crippen molar-refractivity contribution in [1.29, 1.82) is 0 Å². The van der Waals surface area contributed by atoms with E-state index in [2.05, 4.69) is 5.32 Å². The highest BCUT2D eigenvalue weighted by Gasteiger charge is 2.47. The molecule has 1 fully saturated rings. The average Bonchev–Trinajstić information content (AvgIpc) is 2.15. The van der Waals surface area contributed by atoms with Gasteiger partial charge < -0.3 is 10.4 Å². The molecule has 2 N–H and O–H groups in total. The van der Waals surface area contributed by atoms with Crippen molar-refractivity contribution in [2.45, 2.75) is 12.6 Å². The molecule has 1 rings (SSSR count). The van der Waals surface area contributed by atoms with Crippen molar-refractivity contribution < 1.29 is 14.3 Å². The number of carbonyl (C=O) groups is 1. The molecule has 0 saturated carbocycles. The molecule has 0 bridgehead atoms. The smallest absolute Gasteiger partial charge is 0.343 e. The number of hydrogen-bond donors (Lipinski definition) is 2. The first-order chi connectivity index (χ1) is 4.57. The van der Waals surface area contributed by atoms with E-state index < -0.39 is 17.6 Å². The number of carboxylic acids is 1. The van der Waals surface area contributed by atoms with E-state index in [9.17, 15) is 9.18 Å². The molecular formula is C6H10FNO2. The zero-order valence-corrected chi connectivity index (χ0v) is 5.72. The highest BCUT2D eigenvalue weighted by atomic mass is 19.1. The van der Waals surface area contributed by atoms with E-state index in [1.807, 2.05) is 0 Å². The van der Waals surface area contributed by atoms with Gasteiger partial charge in [-0.1, -0.05) is 6.92 Å². The summed E-state index contributed by atoms with van der Waals surface area (Å²) in [5.41, 5.74) is -2.04. The molecule has 1 heterocycles. The molecule has 1 saturated heterocycles. The summed E-state index contributed by atoms with van der Waals surface area (Å²) < 4.78 is 13.2. The molecule has 0 aromatic rings. The van der Waals surface area contributed by atoms with Gasteiger partial charge in [-0.25, -0.2) is 9.18 Å². The van der Waals surface area contributed by atoms with Crippen LogP contribution in [-0.2, 0) is 4.79 Å². The fourth-order valence-corrected chi connectivity index (χ4v) is 1.09. The molecule has 1 aliphatic heterocycles. The molecule has 0 unspecified atom stereocenters. The van der Waals surface area contributed by atoms with E-state index in [1.165, 1.54) is 0 Å². The number of hydrogen-bond acceptors (Lipinski definition) is 2. The summed E-state index contributed by atoms with van der Waals surface area (Å²) in [5, 5.41) is 11.1. The van der Waals surface area contributed by atoms with Crippen LogP contribution in [0.3, 0.4) is 0 Å². The third kappa shape index (κ3) is 0.883. The van der Waals surface area contributed by atoms with Gasteiger partial charge in [0.1, 0.15) is 0 Å². The minimum absolute atomic E-state index is 0.0660. The Morgan fingerprint density at radius 3 is 2.70 bits per heavy atom. The van der Waals surface area contributed by atoms with Crippen molar-refractivity contribution >= 4 is 5.97 Å². The van der Waals surface area contributed by atoms with Gasteiger partial charge in [-0.15, -0.1) is 0 Å². The van der Waals surface area contributed by atoms with Crippen molar-refractivity contribution in [3.63, 3.8) is 0 Å². The van der Waals surface area contributed by atoms with Crippen molar-refractivity contribution in [1.82, 2.24) is 5.32 Å². The quantitative estimate of drug-likeness (QED) is 0.549. The Bertz CT molecular complexity index is 162. The Morgan fingerprint density at radius 2 is 2.50 bits per heavy atom. The normalized spacial score (nSPS) is 40.0. The lowest BCUT2D eigenvalue weighted by Gasteiger charge is -2.16. The van der Waals surface area contributed by atoms with Crippen LogP contribution in [0.2, 0.25) is 0 Å². The fraction of sp³-hybridized carbons (Fsp3) is 0.833. The van der Waals surface area contributed by atoms with Gasteiger partial charge in [0.25, 0.3) is 0 Å². The fourth-order valence-electron chi connectivity index (χ4n) is 1.09. The Morgan fingerprint density at radius 1 is 1.90 bits per heavy atom. The van der Waals surface area contributed by atoms with Crippen LogP contribution < -0.4 is 5.32 Å². The Kier molecular flexibility index (Phi) is 1.64. The SMILES string of the molecule is C[C@H]1CNC[C@]1(F)C(=O)O. The third-order valence-electron chi connectivity index (χ3n) is 1.97. The number of aliphatic carboxylic acids is 1. The van der Waals surface area contributed by atoms with Gasteiger partial charge in [-0.3, -0.25) is 0 Å². The van der Waals surface area contributed by atoms with Crippen molar-refractivity contribution in [3.8, 4) is 0 Å². The van der Waals surface area contributed by atoms with Crippen LogP contribution in [0.4, 0.5) is 4.39 Å². The highest BCUT2D eigenvalue weighted by Crippen LogP contribution is 2.25. The summed E-state index contributed by atoms with van der Waals surface area (Å²) in [6.07, 6.45) is 0. The predicted octanol–water partition coefficient (Wildman–Crippen LogP) is 0.0186. The Balaban J connectivity index is 2.75. The molecule has 58 valence electrons. The molecule has 4 heteroatoms. The summed E-state index contributed by atoms with van der Waals surface area (Å²) in [6.45, 7) is 1.97. The number of rotatable bonds is 1. The zero-order valence-electron chi connectivity index (χ0n) is 5.72. The molecule has 0 spiro atoms. The van der Waals surface area contributed by atoms with Gasteiger partial charge in [0.15, 0.2) is 0 Å². The number of nitrogens with one attached hydrogen (secondary N) is 1. The molecule has 0 aromatic heterocycles. The first-order valence-corrected chi connectivity index (χ1v) is 3.20. The second kappa shape index (κ2) is 2.20. The van der Waals surface area contributed by atoms with Crippen molar-refractivity contribution in [2.24, 2.45) is 5.92 Å². The van der Waals surface area contributed by atoms with Gasteiger partial charge in [0, 0.05) is 19.0 Å². The molecule has 2 atom stereocenters. The highest BCUT2D eigenvalue weighted by molar-refractivity contribution is 5.78. The van der Waals surface area contributed by atoms with E-state index >= 15 is 0 Å². The largest absolute Gasteiger partial charge is 0.479 e. The average molecular weight is 147 g/mol. The molecule has 0 amide bonds. The summed E-state index contributed by atoms with van der Waals surface area (Å²) in [5.74, 6) is -1.78. The van der Waals surface area contributed by atoms with Gasteiger partial charge in [0.05, 0.1) is 0 Å². The lowest BCUT2D eigenvalue weighted by molar-refractivity contribution is -0.151. The third-order valence-corrected chi connectivity index (χ3v) is 1.97. The van der Waals surface area contributed by atoms with Crippen LogP contribution in [0.5, 0.6) is 0 Å². The monoisotopic (exact) mass is 147 g/mol. The summed E-state index contributed by atoms with van der Waals surface area (Å²) in [7, 11) is 0. The molecular weight excluding hydrogens is 137 g/mol. The van der Waals surface area contributed by atoms with Crippen molar-refractivity contribution in [2.75, 3.05) is 13.1 Å². The van der Waals surface area contributed by atoms with Crippen molar-refractivity contribution in [3.05, 3.63) is 0 Å². The van der Waals surface area contributed by atoms with E-state index in [4.69, 9.17) is 5.11 Å². The topological polar surface area (TPSA) is 49.3 Å². The lowest BCUT2D eigenvalue weighted by atomic mass is 9.95. The molecule has 0 radical (unpaired) electrons. The van der Waals surface area contributed by atoms with Gasteiger partial charge in [0.2, 0.25) is 5.67 Å². The summed E-state index contributed by atoms with van der Waals surface area (Å²) in [6, 6.07) is 0. The van der Waals surface area contributed by atoms with Crippen LogP contribution in [-0.4, -0.2) is 29.8 Å². The van der Waals surface area contributed by atoms with Crippen LogP contribution in [0.1, 0.15) is 6.92 Å². The van der Waals surface area contributed by atoms with Crippen LogP contribution in [0.15, 0.2) is 0 Å². The zero-order chi connectivity index (χ0) is 7.78. The standard InChI is InChI=1S/C6H10FNO2/c1-4-2-8-3-6(4,7)5(9)10/h4,8H,2-3H2,1H3,(H,9,10)/t4-,6+/m0/s1. The predicted molar refractivity (Wildman–Crippen MR) is 33.5 cm³/mol. The molecule has 10 heavy (non-hydrogen) atoms. The first-order valence-electron chi connectivity index (χ1n) is 3.20. The molecule has 0 aliphatic carbocycles. The molecule has 0 aromatic carbocycles. The minimum Gasteiger partial charge on any atom is -0.479 e. The minimum atomic E-state index is -2.04. The Hall–Kier alpha value is -0.640. The maximum Gasteiger partial charge on any atom is 0.343 e. The van der Waals surface area contributed by atoms with Crippen LogP contribution >= 0.6 is 0 Å². The van der Waals surface area contributed by atoms with E-state index in [-0.39, 0.29) is 6.54 Å². The lowest BCUT2D eigenvalue weighted by Crippen LogP contribution is -2.40. The Labute approximate surface area is 58.2 Å². The number of carboxylic acid groups (broad SMARTS) is 1. The van der Waals surface area contributed by atoms with Crippen LogP contribution in [0, 0.1) is 5.92 Å². The maximum absolute atomic E-state index is 13.2. The summed E-state index contributed by atoms with van der Waals surface area (Å²) in [4.78, 5) is 10.3. The molecule has 1 aliphatic rings. The van der Waals surface area contributed by atoms with Crippen LogP contribution in [0.25, 0.3) is 0 Å². The second-order valence-corrected chi connectivity index (χ2v) is 2.70. The summed E-state index contributed by atoms with van der Waals surface area (Å²) >= 11 is 0. The number of alkyl halides is 1. The van der Waals surface area contributed by atoms with E-state index in [1.54, 1.807) is 6.92 Å². The first kappa shape index (κ1) is 7.47. The maximum atomic E-state index is 13.2. The van der Waals surface area contributed by atoms with Gasteiger partial charge in [-0.2, -0.15) is 0 Å². The van der Waals surface area contributed by atoms with Gasteiger partial charge in [-0.05, 0) is 0 Å². The molecule has 3 nitrogen and oxygen atoms in total. The van der Waals surface area contributed by atoms with E-state index in [0.717, 1.165) is 0 Å². The second-order valence-electron chi connectivity index (χ2n) is 2.70. The van der Waals surface area contributed by atoms with Gasteiger partial charge >= 0.3 is 5.97 Å².